The van der Waals surface area contributed by atoms with Crippen LogP contribution in [0.4, 0.5) is 0 Å². The van der Waals surface area contributed by atoms with Gasteiger partial charge in [0.2, 0.25) is 0 Å². The van der Waals surface area contributed by atoms with Crippen molar-refractivity contribution in [2.24, 2.45) is 5.41 Å². The molecule has 0 fully saturated rings. The zero-order chi connectivity index (χ0) is 13.8. The van der Waals surface area contributed by atoms with E-state index < -0.39 is 7.12 Å². The van der Waals surface area contributed by atoms with Gasteiger partial charge in [-0.1, -0.05) is 20.8 Å². The van der Waals surface area contributed by atoms with E-state index in [1.54, 1.807) is 32.4 Å². The zero-order valence-electron chi connectivity index (χ0n) is 11.7. The molecule has 100 valence electrons. The van der Waals surface area contributed by atoms with Gasteiger partial charge in [-0.2, -0.15) is 0 Å². The van der Waals surface area contributed by atoms with Crippen molar-refractivity contribution >= 4 is 12.6 Å². The minimum atomic E-state index is -0.978. The van der Waals surface area contributed by atoms with Gasteiger partial charge in [0.25, 0.3) is 0 Å². The first-order valence-corrected chi connectivity index (χ1v) is 5.88. The van der Waals surface area contributed by atoms with Gasteiger partial charge >= 0.3 is 7.12 Å². The molecule has 0 amide bonds. The molecule has 0 heterocycles. The highest BCUT2D eigenvalue weighted by Crippen LogP contribution is 2.18. The SMILES string of the molecule is COc1cc(OC)cc(B(O)OCC(C)(C)C)c1. The molecule has 0 saturated carbocycles. The summed E-state index contributed by atoms with van der Waals surface area (Å²) >= 11 is 0. The van der Waals surface area contributed by atoms with Crippen LogP contribution in [0.2, 0.25) is 0 Å². The lowest BCUT2D eigenvalue weighted by atomic mass is 9.78. The van der Waals surface area contributed by atoms with Crippen molar-refractivity contribution in [1.82, 2.24) is 0 Å². The van der Waals surface area contributed by atoms with E-state index in [1.807, 2.05) is 20.8 Å². The Morgan fingerprint density at radius 1 is 1.06 bits per heavy atom. The second-order valence-electron chi connectivity index (χ2n) is 5.37. The summed E-state index contributed by atoms with van der Waals surface area (Å²) in [4.78, 5) is 0. The molecular weight excluding hydrogens is 231 g/mol. The molecule has 0 aromatic heterocycles. The van der Waals surface area contributed by atoms with E-state index in [4.69, 9.17) is 14.1 Å². The van der Waals surface area contributed by atoms with Crippen LogP contribution in [0.3, 0.4) is 0 Å². The molecule has 4 nitrogen and oxygen atoms in total. The van der Waals surface area contributed by atoms with E-state index in [0.29, 0.717) is 23.6 Å². The number of ether oxygens (including phenoxy) is 2. The molecule has 0 spiro atoms. The molecule has 0 unspecified atom stereocenters. The summed E-state index contributed by atoms with van der Waals surface area (Å²) in [5.74, 6) is 1.26. The molecule has 0 atom stereocenters. The van der Waals surface area contributed by atoms with E-state index in [0.717, 1.165) is 0 Å². The van der Waals surface area contributed by atoms with Crippen molar-refractivity contribution < 1.29 is 19.2 Å². The molecule has 0 aliphatic carbocycles. The Labute approximate surface area is 109 Å². The molecule has 18 heavy (non-hydrogen) atoms. The summed E-state index contributed by atoms with van der Waals surface area (Å²) in [6, 6.07) is 5.21. The van der Waals surface area contributed by atoms with E-state index in [2.05, 4.69) is 0 Å². The van der Waals surface area contributed by atoms with Crippen LogP contribution in [0, 0.1) is 5.41 Å². The Kier molecular flexibility index (Phi) is 5.05. The molecular formula is C13H21BO4. The number of rotatable bonds is 5. The van der Waals surface area contributed by atoms with Gasteiger partial charge in [0.15, 0.2) is 0 Å². The number of benzene rings is 1. The average molecular weight is 252 g/mol. The van der Waals surface area contributed by atoms with Gasteiger partial charge in [-0.3, -0.25) is 0 Å². The average Bonchev–Trinajstić information content (AvgIpc) is 2.34. The fourth-order valence-electron chi connectivity index (χ4n) is 1.40. The second-order valence-corrected chi connectivity index (χ2v) is 5.37. The van der Waals surface area contributed by atoms with E-state index in [-0.39, 0.29) is 5.41 Å². The fraction of sp³-hybridized carbons (Fsp3) is 0.538. The molecule has 1 rings (SSSR count). The van der Waals surface area contributed by atoms with Crippen LogP contribution in [0.25, 0.3) is 0 Å². The maximum Gasteiger partial charge on any atom is 0.491 e. The van der Waals surface area contributed by atoms with Gasteiger partial charge in [0.1, 0.15) is 11.5 Å². The molecule has 5 heteroatoms. The number of hydrogen-bond acceptors (Lipinski definition) is 4. The quantitative estimate of drug-likeness (QED) is 0.806. The van der Waals surface area contributed by atoms with Crippen molar-refractivity contribution in [3.05, 3.63) is 18.2 Å². The minimum Gasteiger partial charge on any atom is -0.497 e. The highest BCUT2D eigenvalue weighted by atomic mass is 16.5. The van der Waals surface area contributed by atoms with Crippen molar-refractivity contribution in [3.8, 4) is 11.5 Å². The van der Waals surface area contributed by atoms with Crippen LogP contribution in [0.1, 0.15) is 20.8 Å². The summed E-state index contributed by atoms with van der Waals surface area (Å²) in [6.45, 7) is 6.61. The van der Waals surface area contributed by atoms with Crippen molar-refractivity contribution in [2.45, 2.75) is 20.8 Å². The van der Waals surface area contributed by atoms with Gasteiger partial charge in [-0.15, -0.1) is 0 Å². The molecule has 0 radical (unpaired) electrons. The summed E-state index contributed by atoms with van der Waals surface area (Å²) in [6.07, 6.45) is 0. The summed E-state index contributed by atoms with van der Waals surface area (Å²) in [5, 5.41) is 9.99. The summed E-state index contributed by atoms with van der Waals surface area (Å²) < 4.78 is 15.7. The lowest BCUT2D eigenvalue weighted by Crippen LogP contribution is -2.36. The topological polar surface area (TPSA) is 47.9 Å². The standard InChI is InChI=1S/C13H21BO4/c1-13(2,3)9-18-14(15)10-6-11(16-4)8-12(7-10)17-5/h6-8,15H,9H2,1-5H3. The first-order valence-electron chi connectivity index (χ1n) is 5.88. The smallest absolute Gasteiger partial charge is 0.491 e. The van der Waals surface area contributed by atoms with Gasteiger partial charge < -0.3 is 19.2 Å². The van der Waals surface area contributed by atoms with Gasteiger partial charge in [-0.25, -0.2) is 0 Å². The van der Waals surface area contributed by atoms with E-state index >= 15 is 0 Å². The van der Waals surface area contributed by atoms with Crippen LogP contribution in [0.5, 0.6) is 11.5 Å². The molecule has 0 aliphatic heterocycles. The highest BCUT2D eigenvalue weighted by molar-refractivity contribution is 6.60. The maximum absolute atomic E-state index is 9.99. The lowest BCUT2D eigenvalue weighted by Gasteiger charge is -2.20. The van der Waals surface area contributed by atoms with E-state index in [9.17, 15) is 5.02 Å². The molecule has 1 aromatic rings. The predicted molar refractivity (Wildman–Crippen MR) is 72.6 cm³/mol. The Morgan fingerprint density at radius 2 is 1.56 bits per heavy atom. The normalized spacial score (nSPS) is 11.2. The van der Waals surface area contributed by atoms with Crippen molar-refractivity contribution in [2.75, 3.05) is 20.8 Å². The first-order chi connectivity index (χ1) is 8.35. The molecule has 0 bridgehead atoms. The van der Waals surface area contributed by atoms with Gasteiger partial charge in [0, 0.05) is 12.7 Å². The monoisotopic (exact) mass is 252 g/mol. The molecule has 0 saturated heterocycles. The zero-order valence-corrected chi connectivity index (χ0v) is 11.7. The second kappa shape index (κ2) is 6.11. The summed E-state index contributed by atoms with van der Waals surface area (Å²) in [5.41, 5.74) is 0.625. The Balaban J connectivity index is 2.81. The predicted octanol–water partition coefficient (Wildman–Crippen LogP) is 1.45. The molecule has 0 aliphatic rings. The Hall–Kier alpha value is -1.20. The summed E-state index contributed by atoms with van der Waals surface area (Å²) in [7, 11) is 2.16. The molecule has 1 N–H and O–H groups in total. The third kappa shape index (κ3) is 4.59. The Bertz CT molecular complexity index is 365. The van der Waals surface area contributed by atoms with Crippen molar-refractivity contribution in [1.29, 1.82) is 0 Å². The third-order valence-electron chi connectivity index (χ3n) is 2.33. The largest absolute Gasteiger partial charge is 0.497 e. The fourth-order valence-corrected chi connectivity index (χ4v) is 1.40. The van der Waals surface area contributed by atoms with Crippen LogP contribution in [0.15, 0.2) is 18.2 Å². The van der Waals surface area contributed by atoms with Crippen LogP contribution in [-0.2, 0) is 4.65 Å². The van der Waals surface area contributed by atoms with Crippen LogP contribution < -0.4 is 14.9 Å². The van der Waals surface area contributed by atoms with Crippen LogP contribution >= 0.6 is 0 Å². The first kappa shape index (κ1) is 14.9. The minimum absolute atomic E-state index is 0.00390. The lowest BCUT2D eigenvalue weighted by molar-refractivity contribution is 0.174. The Morgan fingerprint density at radius 3 is 1.94 bits per heavy atom. The number of hydrogen-bond donors (Lipinski definition) is 1. The van der Waals surface area contributed by atoms with Crippen LogP contribution in [-0.4, -0.2) is 33.0 Å². The van der Waals surface area contributed by atoms with Crippen molar-refractivity contribution in [3.63, 3.8) is 0 Å². The molecule has 1 aromatic carbocycles. The van der Waals surface area contributed by atoms with E-state index in [1.165, 1.54) is 0 Å². The van der Waals surface area contributed by atoms with Gasteiger partial charge in [-0.05, 0) is 23.0 Å². The maximum atomic E-state index is 9.99. The highest BCUT2D eigenvalue weighted by Gasteiger charge is 2.21. The van der Waals surface area contributed by atoms with Gasteiger partial charge in [0.05, 0.1) is 14.2 Å². The third-order valence-corrected chi connectivity index (χ3v) is 2.33. The number of methoxy groups -OCH3 is 2.